The first kappa shape index (κ1) is 11.6. The highest BCUT2D eigenvalue weighted by Crippen LogP contribution is 2.21. The maximum atomic E-state index is 6.46. The van der Waals surface area contributed by atoms with Crippen molar-refractivity contribution in [3.05, 3.63) is 35.9 Å². The topological polar surface area (TPSA) is 38.0 Å². The first-order chi connectivity index (χ1) is 7.68. The van der Waals surface area contributed by atoms with E-state index in [0.717, 1.165) is 13.0 Å². The fourth-order valence-corrected chi connectivity index (χ4v) is 2.57. The number of rotatable bonds is 3. The molecule has 0 bridgehead atoms. The van der Waals surface area contributed by atoms with E-state index in [0.29, 0.717) is 6.04 Å². The van der Waals surface area contributed by atoms with Crippen LogP contribution in [-0.2, 0) is 6.42 Å². The summed E-state index contributed by atoms with van der Waals surface area (Å²) in [5.74, 6) is 0. The summed E-state index contributed by atoms with van der Waals surface area (Å²) >= 11 is 0. The molecule has 0 radical (unpaired) electrons. The highest BCUT2D eigenvalue weighted by molar-refractivity contribution is 5.18. The van der Waals surface area contributed by atoms with Crippen molar-refractivity contribution < 1.29 is 0 Å². The maximum Gasteiger partial charge on any atom is 0.0322 e. The van der Waals surface area contributed by atoms with Gasteiger partial charge in [-0.2, -0.15) is 0 Å². The lowest BCUT2D eigenvalue weighted by Gasteiger charge is -2.37. The van der Waals surface area contributed by atoms with Gasteiger partial charge in [-0.15, -0.1) is 0 Å². The third kappa shape index (κ3) is 2.83. The lowest BCUT2D eigenvalue weighted by atomic mass is 9.82. The highest BCUT2D eigenvalue weighted by Gasteiger charge is 2.30. The van der Waals surface area contributed by atoms with Gasteiger partial charge in [0.1, 0.15) is 0 Å². The molecule has 1 fully saturated rings. The van der Waals surface area contributed by atoms with Crippen molar-refractivity contribution in [3.8, 4) is 0 Å². The van der Waals surface area contributed by atoms with E-state index in [9.17, 15) is 0 Å². The van der Waals surface area contributed by atoms with Gasteiger partial charge in [-0.25, -0.2) is 0 Å². The molecule has 2 heteroatoms. The van der Waals surface area contributed by atoms with Crippen LogP contribution in [0.5, 0.6) is 0 Å². The van der Waals surface area contributed by atoms with Crippen LogP contribution in [0.4, 0.5) is 0 Å². The molecule has 3 N–H and O–H groups in total. The van der Waals surface area contributed by atoms with Crippen molar-refractivity contribution in [2.75, 3.05) is 6.54 Å². The van der Waals surface area contributed by atoms with Gasteiger partial charge in [-0.3, -0.25) is 0 Å². The summed E-state index contributed by atoms with van der Waals surface area (Å²) in [5.41, 5.74) is 7.66. The molecule has 0 aromatic heterocycles. The fourth-order valence-electron chi connectivity index (χ4n) is 2.57. The second-order valence-electron chi connectivity index (χ2n) is 5.17. The van der Waals surface area contributed by atoms with Crippen LogP contribution in [0.25, 0.3) is 0 Å². The summed E-state index contributed by atoms with van der Waals surface area (Å²) in [4.78, 5) is 0. The number of benzene rings is 1. The standard InChI is InChI=1S/C14H22N2/c1-14(15,13-9-5-6-10-16-13)11-12-7-3-2-4-8-12/h2-4,7-8,13,16H,5-6,9-11,15H2,1H3. The van der Waals surface area contributed by atoms with Crippen molar-refractivity contribution in [2.45, 2.75) is 44.2 Å². The van der Waals surface area contributed by atoms with E-state index < -0.39 is 0 Å². The molecule has 1 saturated heterocycles. The second-order valence-corrected chi connectivity index (χ2v) is 5.17. The van der Waals surface area contributed by atoms with Gasteiger partial charge < -0.3 is 11.1 Å². The van der Waals surface area contributed by atoms with Gasteiger partial charge >= 0.3 is 0 Å². The fraction of sp³-hybridized carbons (Fsp3) is 0.571. The molecule has 0 aliphatic carbocycles. The van der Waals surface area contributed by atoms with Gasteiger partial charge in [0.25, 0.3) is 0 Å². The minimum absolute atomic E-state index is 0.137. The Morgan fingerprint density at radius 1 is 1.31 bits per heavy atom. The normalized spacial score (nSPS) is 25.0. The Kier molecular flexibility index (Phi) is 3.62. The van der Waals surface area contributed by atoms with Crippen LogP contribution in [0.2, 0.25) is 0 Å². The van der Waals surface area contributed by atoms with Crippen LogP contribution >= 0.6 is 0 Å². The Morgan fingerprint density at radius 2 is 2.06 bits per heavy atom. The van der Waals surface area contributed by atoms with Crippen LogP contribution in [0.1, 0.15) is 31.7 Å². The van der Waals surface area contributed by atoms with Gasteiger partial charge in [-0.05, 0) is 38.3 Å². The molecule has 2 nitrogen and oxygen atoms in total. The zero-order valence-corrected chi connectivity index (χ0v) is 10.1. The summed E-state index contributed by atoms with van der Waals surface area (Å²) in [7, 11) is 0. The average molecular weight is 218 g/mol. The molecule has 0 saturated carbocycles. The highest BCUT2D eigenvalue weighted by atomic mass is 15.0. The van der Waals surface area contributed by atoms with E-state index in [-0.39, 0.29) is 5.54 Å². The minimum atomic E-state index is -0.137. The first-order valence-electron chi connectivity index (χ1n) is 6.25. The minimum Gasteiger partial charge on any atom is -0.324 e. The molecule has 2 rings (SSSR count). The van der Waals surface area contributed by atoms with Crippen molar-refractivity contribution in [3.63, 3.8) is 0 Å². The summed E-state index contributed by atoms with van der Waals surface area (Å²) in [6.45, 7) is 3.29. The van der Waals surface area contributed by atoms with Crippen LogP contribution in [0.15, 0.2) is 30.3 Å². The summed E-state index contributed by atoms with van der Waals surface area (Å²) in [5, 5.41) is 3.55. The molecule has 88 valence electrons. The molecule has 2 unspecified atom stereocenters. The molecule has 2 atom stereocenters. The molecular formula is C14H22N2. The predicted molar refractivity (Wildman–Crippen MR) is 68.4 cm³/mol. The van der Waals surface area contributed by atoms with Crippen LogP contribution in [0, 0.1) is 0 Å². The molecule has 1 heterocycles. The maximum absolute atomic E-state index is 6.46. The van der Waals surface area contributed by atoms with E-state index in [1.807, 2.05) is 0 Å². The Balaban J connectivity index is 2.01. The second kappa shape index (κ2) is 4.98. The van der Waals surface area contributed by atoms with E-state index in [2.05, 4.69) is 42.6 Å². The van der Waals surface area contributed by atoms with Gasteiger partial charge in [0, 0.05) is 11.6 Å². The van der Waals surface area contributed by atoms with E-state index in [4.69, 9.17) is 5.73 Å². The lowest BCUT2D eigenvalue weighted by molar-refractivity contribution is 0.266. The summed E-state index contributed by atoms with van der Waals surface area (Å²) in [6.07, 6.45) is 4.75. The SMILES string of the molecule is CC(N)(Cc1ccccc1)C1CCCCN1. The number of hydrogen-bond acceptors (Lipinski definition) is 2. The third-order valence-electron chi connectivity index (χ3n) is 3.53. The molecule has 0 amide bonds. The van der Waals surface area contributed by atoms with Crippen molar-refractivity contribution in [2.24, 2.45) is 5.73 Å². The van der Waals surface area contributed by atoms with Gasteiger partial charge in [0.05, 0.1) is 0 Å². The number of piperidine rings is 1. The van der Waals surface area contributed by atoms with Gasteiger partial charge in [0.2, 0.25) is 0 Å². The van der Waals surface area contributed by atoms with E-state index in [1.165, 1.54) is 24.8 Å². The Labute approximate surface area is 98.2 Å². The van der Waals surface area contributed by atoms with Crippen molar-refractivity contribution in [1.29, 1.82) is 0 Å². The molecule has 1 aliphatic rings. The van der Waals surface area contributed by atoms with Crippen molar-refractivity contribution in [1.82, 2.24) is 5.32 Å². The first-order valence-corrected chi connectivity index (χ1v) is 6.25. The van der Waals surface area contributed by atoms with Crippen molar-refractivity contribution >= 4 is 0 Å². The van der Waals surface area contributed by atoms with E-state index in [1.54, 1.807) is 0 Å². The smallest absolute Gasteiger partial charge is 0.0322 e. The lowest BCUT2D eigenvalue weighted by Crippen LogP contribution is -2.58. The zero-order valence-electron chi connectivity index (χ0n) is 10.1. The Morgan fingerprint density at radius 3 is 2.69 bits per heavy atom. The van der Waals surface area contributed by atoms with Crippen LogP contribution in [-0.4, -0.2) is 18.1 Å². The molecule has 0 spiro atoms. The Hall–Kier alpha value is -0.860. The third-order valence-corrected chi connectivity index (χ3v) is 3.53. The quantitative estimate of drug-likeness (QED) is 0.815. The Bertz CT molecular complexity index is 313. The molecule has 1 aliphatic heterocycles. The summed E-state index contributed by atoms with van der Waals surface area (Å²) in [6, 6.07) is 11.0. The molecular weight excluding hydrogens is 196 g/mol. The largest absolute Gasteiger partial charge is 0.324 e. The molecule has 16 heavy (non-hydrogen) atoms. The average Bonchev–Trinajstić information content (AvgIpc) is 2.31. The number of hydrogen-bond donors (Lipinski definition) is 2. The summed E-state index contributed by atoms with van der Waals surface area (Å²) < 4.78 is 0. The van der Waals surface area contributed by atoms with Crippen LogP contribution in [0.3, 0.4) is 0 Å². The van der Waals surface area contributed by atoms with Gasteiger partial charge in [0.15, 0.2) is 0 Å². The number of nitrogens with one attached hydrogen (secondary N) is 1. The number of nitrogens with two attached hydrogens (primary N) is 1. The predicted octanol–water partition coefficient (Wildman–Crippen LogP) is 2.09. The molecule has 1 aromatic carbocycles. The van der Waals surface area contributed by atoms with Crippen LogP contribution < -0.4 is 11.1 Å². The monoisotopic (exact) mass is 218 g/mol. The zero-order chi connectivity index (χ0) is 11.4. The molecule has 1 aromatic rings. The van der Waals surface area contributed by atoms with E-state index >= 15 is 0 Å². The van der Waals surface area contributed by atoms with Gasteiger partial charge in [-0.1, -0.05) is 36.8 Å².